The van der Waals surface area contributed by atoms with Crippen LogP contribution in [0.4, 0.5) is 0 Å². The monoisotopic (exact) mass is 556 g/mol. The lowest BCUT2D eigenvalue weighted by atomic mass is 9.99. The predicted molar refractivity (Wildman–Crippen MR) is 162 cm³/mol. The highest BCUT2D eigenvalue weighted by Gasteiger charge is 2.08. The number of methoxy groups -OCH3 is 2. The highest BCUT2D eigenvalue weighted by Crippen LogP contribution is 2.32. The summed E-state index contributed by atoms with van der Waals surface area (Å²) in [4.78, 5) is 0. The maximum absolute atomic E-state index is 9.58. The van der Waals surface area contributed by atoms with Crippen molar-refractivity contribution in [3.05, 3.63) is 113 Å². The van der Waals surface area contributed by atoms with E-state index in [0.29, 0.717) is 11.5 Å². The van der Waals surface area contributed by atoms with Crippen molar-refractivity contribution >= 4 is 12.2 Å². The minimum atomic E-state index is -0.127. The van der Waals surface area contributed by atoms with Crippen LogP contribution in [0.2, 0.25) is 0 Å². The number of hydrogen-bond acceptors (Lipinski definition) is 7. The maximum Gasteiger partial charge on any atom is 0.161 e. The van der Waals surface area contributed by atoms with Gasteiger partial charge in [-0.25, -0.2) is 0 Å². The second kappa shape index (κ2) is 14.4. The molecule has 0 aromatic heterocycles. The third-order valence-electron chi connectivity index (χ3n) is 6.51. The summed E-state index contributed by atoms with van der Waals surface area (Å²) in [5, 5.41) is 47.2. The van der Waals surface area contributed by atoms with E-state index in [-0.39, 0.29) is 40.6 Å². The molecule has 0 aliphatic heterocycles. The lowest BCUT2D eigenvalue weighted by Crippen LogP contribution is -1.91. The molecule has 41 heavy (non-hydrogen) atoms. The van der Waals surface area contributed by atoms with Crippen LogP contribution in [0.15, 0.2) is 91.0 Å². The van der Waals surface area contributed by atoms with Crippen molar-refractivity contribution in [1.29, 1.82) is 0 Å². The van der Waals surface area contributed by atoms with Gasteiger partial charge in [0, 0.05) is 0 Å². The zero-order valence-corrected chi connectivity index (χ0v) is 23.5. The molecule has 0 saturated carbocycles. The zero-order chi connectivity index (χ0) is 29.9. The van der Waals surface area contributed by atoms with Gasteiger partial charge in [-0.1, -0.05) is 68.5 Å². The second-order valence-electron chi connectivity index (χ2n) is 9.50. The summed E-state index contributed by atoms with van der Waals surface area (Å²) in [5.74, 6) is 1.42. The molecule has 4 rings (SSSR count). The number of ether oxygens (including phenoxy) is 2. The molecule has 0 heterocycles. The number of benzene rings is 4. The topological polar surface area (TPSA) is 120 Å². The Hall–Kier alpha value is -5.04. The van der Waals surface area contributed by atoms with Crippen LogP contribution in [0.25, 0.3) is 12.2 Å². The predicted octanol–water partition coefficient (Wildman–Crippen LogP) is 7.55. The maximum atomic E-state index is 9.58. The number of phenols is 5. The van der Waals surface area contributed by atoms with Crippen LogP contribution >= 0.6 is 0 Å². The number of aromatic hydroxyl groups is 5. The molecule has 0 saturated heterocycles. The van der Waals surface area contributed by atoms with Gasteiger partial charge in [0.25, 0.3) is 0 Å². The van der Waals surface area contributed by atoms with Crippen LogP contribution in [0.1, 0.15) is 47.9 Å². The molecule has 0 aliphatic carbocycles. The van der Waals surface area contributed by atoms with Crippen molar-refractivity contribution < 1.29 is 35.0 Å². The Bertz CT molecular complexity index is 1490. The lowest BCUT2D eigenvalue weighted by Gasteiger charge is -2.10. The molecule has 0 fully saturated rings. The summed E-state index contributed by atoms with van der Waals surface area (Å²) in [6.45, 7) is 4.06. The van der Waals surface area contributed by atoms with Crippen molar-refractivity contribution in [3.63, 3.8) is 0 Å². The highest BCUT2D eigenvalue weighted by atomic mass is 16.5. The summed E-state index contributed by atoms with van der Waals surface area (Å²) in [6.07, 6.45) is 7.95. The second-order valence-corrected chi connectivity index (χ2v) is 9.50. The van der Waals surface area contributed by atoms with Crippen LogP contribution in [0.3, 0.4) is 0 Å². The first-order chi connectivity index (χ1) is 19.6. The molecule has 5 N–H and O–H groups in total. The normalized spacial score (nSPS) is 12.5. The van der Waals surface area contributed by atoms with Crippen molar-refractivity contribution in [2.45, 2.75) is 25.7 Å². The Morgan fingerprint density at radius 1 is 0.512 bits per heavy atom. The average Bonchev–Trinajstić information content (AvgIpc) is 2.98. The summed E-state index contributed by atoms with van der Waals surface area (Å²) in [5.41, 5.74) is 3.89. The first-order valence-electron chi connectivity index (χ1n) is 13.0. The van der Waals surface area contributed by atoms with Crippen LogP contribution < -0.4 is 9.47 Å². The van der Waals surface area contributed by atoms with Crippen molar-refractivity contribution in [2.24, 2.45) is 0 Å². The Kier molecular flexibility index (Phi) is 10.7. The van der Waals surface area contributed by atoms with E-state index in [9.17, 15) is 25.5 Å². The number of hydrogen-bond donors (Lipinski definition) is 5. The van der Waals surface area contributed by atoms with Crippen LogP contribution in [0, 0.1) is 0 Å². The number of rotatable bonds is 8. The fraction of sp³-hybridized carbons (Fsp3) is 0.176. The van der Waals surface area contributed by atoms with Crippen LogP contribution in [-0.4, -0.2) is 39.8 Å². The van der Waals surface area contributed by atoms with E-state index in [1.165, 1.54) is 20.3 Å². The molecule has 7 nitrogen and oxygen atoms in total. The standard InChI is InChI=1S/C17H18O4.C17H18O3/c1-11(13-6-8-14(18)16(20)10-13)3-4-12-5-7-15(19)17(9-12)21-2;1-12(3-4-13-5-8-15(18)9-6-13)14-7-10-16(19)17(11-14)20-2/h3-11,18-20H,1-2H3;3-12,18-19H,1-2H3/b2*4-3+. The van der Waals surface area contributed by atoms with E-state index in [4.69, 9.17) is 9.47 Å². The van der Waals surface area contributed by atoms with Crippen LogP contribution in [-0.2, 0) is 0 Å². The first-order valence-corrected chi connectivity index (χ1v) is 13.0. The molecule has 2 unspecified atom stereocenters. The summed E-state index contributed by atoms with van der Waals surface area (Å²) < 4.78 is 10.2. The molecule has 7 heteroatoms. The molecule has 2 atom stereocenters. The van der Waals surface area contributed by atoms with Crippen molar-refractivity contribution in [2.75, 3.05) is 14.2 Å². The van der Waals surface area contributed by atoms with Crippen molar-refractivity contribution in [3.8, 4) is 40.2 Å². The van der Waals surface area contributed by atoms with E-state index in [1.54, 1.807) is 48.5 Å². The summed E-state index contributed by atoms with van der Waals surface area (Å²) >= 11 is 0. The third-order valence-corrected chi connectivity index (χ3v) is 6.51. The molecule has 0 radical (unpaired) electrons. The van der Waals surface area contributed by atoms with Gasteiger partial charge in [-0.05, 0) is 82.6 Å². The van der Waals surface area contributed by atoms with E-state index >= 15 is 0 Å². The third kappa shape index (κ3) is 8.73. The lowest BCUT2D eigenvalue weighted by molar-refractivity contribution is 0.373. The van der Waals surface area contributed by atoms with E-state index in [2.05, 4.69) is 13.0 Å². The molecule has 0 spiro atoms. The van der Waals surface area contributed by atoms with Gasteiger partial charge in [0.05, 0.1) is 14.2 Å². The SMILES string of the molecule is COc1cc(/C=C/C(C)c2ccc(O)c(O)c2)ccc1O.COc1cc(C(C)/C=C/c2ccc(O)cc2)ccc1O. The molecule has 4 aromatic carbocycles. The van der Waals surface area contributed by atoms with Gasteiger partial charge < -0.3 is 35.0 Å². The van der Waals surface area contributed by atoms with Gasteiger partial charge in [-0.15, -0.1) is 0 Å². The van der Waals surface area contributed by atoms with Gasteiger partial charge in [0.1, 0.15) is 5.75 Å². The number of phenolic OH excluding ortho intramolecular Hbond substituents is 5. The van der Waals surface area contributed by atoms with E-state index in [0.717, 1.165) is 22.3 Å². The molecule has 0 amide bonds. The minimum absolute atomic E-state index is 0.0660. The Balaban J connectivity index is 0.000000226. The fourth-order valence-corrected chi connectivity index (χ4v) is 3.92. The summed E-state index contributed by atoms with van der Waals surface area (Å²) in [7, 11) is 3.04. The molecular formula is C34H36O7. The fourth-order valence-electron chi connectivity index (χ4n) is 3.92. The van der Waals surface area contributed by atoms with Gasteiger partial charge in [-0.2, -0.15) is 0 Å². The van der Waals surface area contributed by atoms with Gasteiger partial charge in [0.15, 0.2) is 34.5 Å². The van der Waals surface area contributed by atoms with E-state index in [1.807, 2.05) is 49.4 Å². The quantitative estimate of drug-likeness (QED) is 0.142. The zero-order valence-electron chi connectivity index (χ0n) is 23.5. The highest BCUT2D eigenvalue weighted by molar-refractivity contribution is 5.57. The Morgan fingerprint density at radius 3 is 1.54 bits per heavy atom. The minimum Gasteiger partial charge on any atom is -0.508 e. The molecular weight excluding hydrogens is 520 g/mol. The molecule has 0 aliphatic rings. The molecule has 214 valence electrons. The summed E-state index contributed by atoms with van der Waals surface area (Å²) in [6, 6.07) is 22.3. The van der Waals surface area contributed by atoms with Crippen molar-refractivity contribution in [1.82, 2.24) is 0 Å². The molecule has 0 bridgehead atoms. The average molecular weight is 557 g/mol. The molecule has 4 aromatic rings. The Labute approximate surface area is 240 Å². The van der Waals surface area contributed by atoms with Gasteiger partial charge >= 0.3 is 0 Å². The smallest absolute Gasteiger partial charge is 0.161 e. The van der Waals surface area contributed by atoms with Gasteiger partial charge in [0.2, 0.25) is 0 Å². The van der Waals surface area contributed by atoms with Crippen LogP contribution in [0.5, 0.6) is 40.2 Å². The first kappa shape index (κ1) is 30.5. The Morgan fingerprint density at radius 2 is 0.976 bits per heavy atom. The van der Waals surface area contributed by atoms with Gasteiger partial charge in [-0.3, -0.25) is 0 Å². The largest absolute Gasteiger partial charge is 0.508 e. The van der Waals surface area contributed by atoms with E-state index < -0.39 is 0 Å². The number of allylic oxidation sites excluding steroid dienone is 2.